The lowest BCUT2D eigenvalue weighted by atomic mass is 10.1. The lowest BCUT2D eigenvalue weighted by molar-refractivity contribution is 0.0920. The summed E-state index contributed by atoms with van der Waals surface area (Å²) in [5.41, 5.74) is 0.441. The van der Waals surface area contributed by atoms with E-state index in [9.17, 15) is 4.79 Å². The van der Waals surface area contributed by atoms with Gasteiger partial charge in [0, 0.05) is 6.04 Å². The molecule has 0 heterocycles. The summed E-state index contributed by atoms with van der Waals surface area (Å²) in [6, 6.07) is 16.0. The highest BCUT2D eigenvalue weighted by atomic mass is 16.5. The van der Waals surface area contributed by atoms with Gasteiger partial charge in [0.15, 0.2) is 0 Å². The van der Waals surface area contributed by atoms with Crippen LogP contribution in [0.1, 0.15) is 17.3 Å². The number of benzene rings is 2. The van der Waals surface area contributed by atoms with Crippen molar-refractivity contribution in [3.8, 4) is 11.5 Å². The van der Waals surface area contributed by atoms with Crippen molar-refractivity contribution in [2.75, 3.05) is 6.61 Å². The smallest absolute Gasteiger partial charge is 0.255 e. The van der Waals surface area contributed by atoms with Crippen LogP contribution in [0.5, 0.6) is 11.5 Å². The predicted octanol–water partition coefficient (Wildman–Crippen LogP) is 2.59. The molecule has 20 heavy (non-hydrogen) atoms. The van der Waals surface area contributed by atoms with Crippen LogP contribution in [0.4, 0.5) is 0 Å². The van der Waals surface area contributed by atoms with E-state index in [0.29, 0.717) is 17.1 Å². The molecule has 0 fully saturated rings. The third-order valence-corrected chi connectivity index (χ3v) is 2.75. The molecule has 104 valence electrons. The Morgan fingerprint density at radius 1 is 1.15 bits per heavy atom. The second kappa shape index (κ2) is 6.73. The normalized spacial score (nSPS) is 11.7. The maximum atomic E-state index is 12.1. The molecule has 0 aliphatic carbocycles. The van der Waals surface area contributed by atoms with Crippen molar-refractivity contribution in [3.63, 3.8) is 0 Å². The van der Waals surface area contributed by atoms with Gasteiger partial charge in [0.05, 0.1) is 12.2 Å². The van der Waals surface area contributed by atoms with E-state index in [1.54, 1.807) is 25.1 Å². The lowest BCUT2D eigenvalue weighted by Crippen LogP contribution is -2.35. The molecule has 0 saturated carbocycles. The number of ether oxygens (including phenoxy) is 1. The summed E-state index contributed by atoms with van der Waals surface area (Å²) in [5, 5.41) is 11.7. The van der Waals surface area contributed by atoms with Gasteiger partial charge in [0.25, 0.3) is 5.91 Å². The van der Waals surface area contributed by atoms with Crippen LogP contribution in [0.15, 0.2) is 54.6 Å². The molecule has 0 aliphatic heterocycles. The number of carbonyl (C=O) groups is 1. The van der Waals surface area contributed by atoms with Crippen molar-refractivity contribution >= 4 is 5.91 Å². The molecular weight excluding hydrogens is 254 g/mol. The molecule has 0 aromatic heterocycles. The molecule has 0 aliphatic rings. The highest BCUT2D eigenvalue weighted by Crippen LogP contribution is 2.24. The summed E-state index contributed by atoms with van der Waals surface area (Å²) in [6.45, 7) is 1.63. The first-order chi connectivity index (χ1) is 9.70. The molecule has 4 heteroatoms. The van der Waals surface area contributed by atoms with Gasteiger partial charge in [-0.15, -0.1) is 0 Å². The minimum absolute atomic E-state index is 0.104. The zero-order valence-corrected chi connectivity index (χ0v) is 11.2. The molecular formula is C16H17NO3. The maximum absolute atomic E-state index is 12.1. The number of nitrogens with one attached hydrogen (secondary N) is 1. The first-order valence-electron chi connectivity index (χ1n) is 6.44. The Balaban J connectivity index is 2.20. The fourth-order valence-electron chi connectivity index (χ4n) is 1.71. The predicted molar refractivity (Wildman–Crippen MR) is 77.0 cm³/mol. The number of carbonyl (C=O) groups excluding carboxylic acids is 1. The van der Waals surface area contributed by atoms with Crippen molar-refractivity contribution in [3.05, 3.63) is 60.2 Å². The van der Waals surface area contributed by atoms with E-state index in [4.69, 9.17) is 9.84 Å². The number of rotatable bonds is 5. The zero-order valence-electron chi connectivity index (χ0n) is 11.2. The summed E-state index contributed by atoms with van der Waals surface area (Å²) in [7, 11) is 0. The molecule has 2 N–H and O–H groups in total. The van der Waals surface area contributed by atoms with Gasteiger partial charge in [0.1, 0.15) is 11.5 Å². The van der Waals surface area contributed by atoms with E-state index in [-0.39, 0.29) is 18.6 Å². The second-order valence-corrected chi connectivity index (χ2v) is 4.47. The van der Waals surface area contributed by atoms with Gasteiger partial charge in [-0.25, -0.2) is 0 Å². The summed E-state index contributed by atoms with van der Waals surface area (Å²) in [5.74, 6) is 0.891. The van der Waals surface area contributed by atoms with Gasteiger partial charge in [-0.1, -0.05) is 30.3 Å². The van der Waals surface area contributed by atoms with E-state index in [0.717, 1.165) is 0 Å². The quantitative estimate of drug-likeness (QED) is 0.878. The monoisotopic (exact) mass is 271 g/mol. The summed E-state index contributed by atoms with van der Waals surface area (Å²) >= 11 is 0. The highest BCUT2D eigenvalue weighted by Gasteiger charge is 2.14. The molecule has 0 bridgehead atoms. The number of aliphatic hydroxyl groups excluding tert-OH is 1. The molecule has 1 atom stereocenters. The number of para-hydroxylation sites is 2. The molecule has 4 nitrogen and oxygen atoms in total. The Labute approximate surface area is 118 Å². The van der Waals surface area contributed by atoms with Gasteiger partial charge in [-0.3, -0.25) is 4.79 Å². The number of hydrogen-bond donors (Lipinski definition) is 2. The lowest BCUT2D eigenvalue weighted by Gasteiger charge is -2.14. The first kappa shape index (κ1) is 14.1. The molecule has 2 aromatic rings. The van der Waals surface area contributed by atoms with Crippen molar-refractivity contribution in [2.24, 2.45) is 0 Å². The van der Waals surface area contributed by atoms with Crippen molar-refractivity contribution < 1.29 is 14.6 Å². The topological polar surface area (TPSA) is 58.6 Å². The average molecular weight is 271 g/mol. The SMILES string of the molecule is CC(CO)NC(=O)c1ccccc1Oc1ccccc1. The van der Waals surface area contributed by atoms with E-state index in [1.807, 2.05) is 36.4 Å². The minimum Gasteiger partial charge on any atom is -0.457 e. The highest BCUT2D eigenvalue weighted by molar-refractivity contribution is 5.97. The Morgan fingerprint density at radius 2 is 1.80 bits per heavy atom. The largest absolute Gasteiger partial charge is 0.457 e. The Hall–Kier alpha value is -2.33. The Kier molecular flexibility index (Phi) is 4.74. The van der Waals surface area contributed by atoms with Gasteiger partial charge in [-0.2, -0.15) is 0 Å². The van der Waals surface area contributed by atoms with E-state index < -0.39 is 0 Å². The number of hydrogen-bond acceptors (Lipinski definition) is 3. The van der Waals surface area contributed by atoms with Gasteiger partial charge < -0.3 is 15.2 Å². The number of amides is 1. The van der Waals surface area contributed by atoms with Crippen LogP contribution in [0.25, 0.3) is 0 Å². The van der Waals surface area contributed by atoms with Crippen molar-refractivity contribution in [2.45, 2.75) is 13.0 Å². The van der Waals surface area contributed by atoms with Crippen LogP contribution < -0.4 is 10.1 Å². The standard InChI is InChI=1S/C16H17NO3/c1-12(11-18)17-16(19)14-9-5-6-10-15(14)20-13-7-3-2-4-8-13/h2-10,12,18H,11H2,1H3,(H,17,19). The Bertz CT molecular complexity index is 569. The van der Waals surface area contributed by atoms with Gasteiger partial charge >= 0.3 is 0 Å². The summed E-state index contributed by atoms with van der Waals surface area (Å²) < 4.78 is 5.72. The fourth-order valence-corrected chi connectivity index (χ4v) is 1.71. The summed E-state index contributed by atoms with van der Waals surface area (Å²) in [6.07, 6.45) is 0. The van der Waals surface area contributed by atoms with Crippen LogP contribution in [0.3, 0.4) is 0 Å². The van der Waals surface area contributed by atoms with Gasteiger partial charge in [0.2, 0.25) is 0 Å². The van der Waals surface area contributed by atoms with Crippen LogP contribution in [-0.2, 0) is 0 Å². The zero-order chi connectivity index (χ0) is 14.4. The maximum Gasteiger partial charge on any atom is 0.255 e. The molecule has 2 aromatic carbocycles. The van der Waals surface area contributed by atoms with Crippen LogP contribution in [-0.4, -0.2) is 23.7 Å². The molecule has 2 rings (SSSR count). The third-order valence-electron chi connectivity index (χ3n) is 2.75. The van der Waals surface area contributed by atoms with Crippen molar-refractivity contribution in [1.29, 1.82) is 0 Å². The van der Waals surface area contributed by atoms with Gasteiger partial charge in [-0.05, 0) is 31.2 Å². The van der Waals surface area contributed by atoms with E-state index in [1.165, 1.54) is 0 Å². The van der Waals surface area contributed by atoms with E-state index >= 15 is 0 Å². The first-order valence-corrected chi connectivity index (χ1v) is 6.44. The van der Waals surface area contributed by atoms with Crippen LogP contribution >= 0.6 is 0 Å². The molecule has 1 amide bonds. The molecule has 1 unspecified atom stereocenters. The molecule has 0 radical (unpaired) electrons. The third kappa shape index (κ3) is 3.59. The summed E-state index contributed by atoms with van der Waals surface area (Å²) in [4.78, 5) is 12.1. The second-order valence-electron chi connectivity index (χ2n) is 4.47. The average Bonchev–Trinajstić information content (AvgIpc) is 2.48. The van der Waals surface area contributed by atoms with Crippen molar-refractivity contribution in [1.82, 2.24) is 5.32 Å². The Morgan fingerprint density at radius 3 is 2.50 bits per heavy atom. The van der Waals surface area contributed by atoms with Crippen LogP contribution in [0.2, 0.25) is 0 Å². The van der Waals surface area contributed by atoms with Crippen LogP contribution in [0, 0.1) is 0 Å². The van der Waals surface area contributed by atoms with E-state index in [2.05, 4.69) is 5.32 Å². The molecule has 0 saturated heterocycles. The fraction of sp³-hybridized carbons (Fsp3) is 0.188. The minimum atomic E-state index is -0.299. The molecule has 0 spiro atoms. The number of aliphatic hydroxyl groups is 1.